The van der Waals surface area contributed by atoms with E-state index in [0.717, 1.165) is 55.8 Å². The molecule has 0 N–H and O–H groups in total. The van der Waals surface area contributed by atoms with Crippen molar-refractivity contribution in [2.75, 3.05) is 26.2 Å². The zero-order valence-electron chi connectivity index (χ0n) is 19.1. The Kier molecular flexibility index (Phi) is 7.08. The molecule has 6 nitrogen and oxygen atoms in total. The molecular weight excluding hydrogens is 402 g/mol. The summed E-state index contributed by atoms with van der Waals surface area (Å²) in [5, 5.41) is 0. The molecule has 2 fully saturated rings. The van der Waals surface area contributed by atoms with Gasteiger partial charge >= 0.3 is 0 Å². The summed E-state index contributed by atoms with van der Waals surface area (Å²) in [6.45, 7) is 6.92. The number of likely N-dealkylation sites (tertiary alicyclic amines) is 2. The van der Waals surface area contributed by atoms with Crippen molar-refractivity contribution in [1.82, 2.24) is 14.8 Å². The van der Waals surface area contributed by atoms with Crippen LogP contribution in [0.2, 0.25) is 0 Å². The Morgan fingerprint density at radius 2 is 1.62 bits per heavy atom. The Morgan fingerprint density at radius 1 is 0.938 bits per heavy atom. The molecule has 1 unspecified atom stereocenters. The molecule has 0 saturated carbocycles. The Hall–Kier alpha value is -2.89. The van der Waals surface area contributed by atoms with Crippen LogP contribution in [0.25, 0.3) is 0 Å². The maximum absolute atomic E-state index is 12.8. The van der Waals surface area contributed by atoms with Gasteiger partial charge in [0.15, 0.2) is 6.10 Å². The summed E-state index contributed by atoms with van der Waals surface area (Å²) >= 11 is 0. The van der Waals surface area contributed by atoms with E-state index in [1.807, 2.05) is 60.0 Å². The van der Waals surface area contributed by atoms with E-state index in [9.17, 15) is 9.59 Å². The Morgan fingerprint density at radius 3 is 2.25 bits per heavy atom. The number of aryl methyl sites for hydroxylation is 1. The van der Waals surface area contributed by atoms with E-state index in [1.54, 1.807) is 6.20 Å². The lowest BCUT2D eigenvalue weighted by molar-refractivity contribution is -0.139. The van der Waals surface area contributed by atoms with Gasteiger partial charge in [-0.15, -0.1) is 0 Å². The number of aromatic nitrogens is 1. The number of rotatable bonds is 5. The fourth-order valence-electron chi connectivity index (χ4n) is 4.58. The van der Waals surface area contributed by atoms with Gasteiger partial charge < -0.3 is 14.5 Å². The van der Waals surface area contributed by atoms with Gasteiger partial charge in [0.05, 0.1) is 5.56 Å². The highest BCUT2D eigenvalue weighted by Crippen LogP contribution is 2.27. The van der Waals surface area contributed by atoms with Crippen LogP contribution in [0.1, 0.15) is 66.6 Å². The molecule has 1 aromatic carbocycles. The molecule has 0 radical (unpaired) electrons. The lowest BCUT2D eigenvalue weighted by atomic mass is 9.92. The van der Waals surface area contributed by atoms with Gasteiger partial charge in [0.1, 0.15) is 5.75 Å². The maximum Gasteiger partial charge on any atom is 0.263 e. The average molecular weight is 436 g/mol. The molecule has 0 bridgehead atoms. The number of nitrogens with zero attached hydrogens (tertiary/aromatic N) is 3. The lowest BCUT2D eigenvalue weighted by Gasteiger charge is -2.33. The summed E-state index contributed by atoms with van der Waals surface area (Å²) < 4.78 is 5.84. The van der Waals surface area contributed by atoms with Crippen molar-refractivity contribution in [3.8, 4) is 5.75 Å². The topological polar surface area (TPSA) is 62.7 Å². The Bertz CT molecular complexity index is 912. The van der Waals surface area contributed by atoms with E-state index in [4.69, 9.17) is 4.74 Å². The number of hydrogen-bond donors (Lipinski definition) is 0. The molecule has 170 valence electrons. The summed E-state index contributed by atoms with van der Waals surface area (Å²) in [6, 6.07) is 11.7. The number of benzene rings is 1. The molecule has 2 amide bonds. The standard InChI is InChI=1S/C26H33N3O3/c1-19-6-9-23(10-7-19)32-20(2)25(30)29-16-12-21(13-17-29)24-11-8-22(18-27-24)26(31)28-14-4-3-5-15-28/h6-11,18,20-21H,3-5,12-17H2,1-2H3. The van der Waals surface area contributed by atoms with E-state index in [1.165, 1.54) is 6.42 Å². The third-order valence-corrected chi connectivity index (χ3v) is 6.58. The van der Waals surface area contributed by atoms with Crippen LogP contribution in [0.15, 0.2) is 42.6 Å². The SMILES string of the molecule is Cc1ccc(OC(C)C(=O)N2CCC(c3ccc(C(=O)N4CCCCC4)cn3)CC2)cc1. The van der Waals surface area contributed by atoms with E-state index < -0.39 is 6.10 Å². The van der Waals surface area contributed by atoms with Crippen LogP contribution in [0.5, 0.6) is 5.75 Å². The molecule has 1 aromatic heterocycles. The van der Waals surface area contributed by atoms with Crippen molar-refractivity contribution in [2.45, 2.75) is 58.0 Å². The van der Waals surface area contributed by atoms with Crippen molar-refractivity contribution < 1.29 is 14.3 Å². The van der Waals surface area contributed by atoms with Crippen LogP contribution in [0.4, 0.5) is 0 Å². The maximum atomic E-state index is 12.8. The fourth-order valence-corrected chi connectivity index (χ4v) is 4.58. The first kappa shape index (κ1) is 22.3. The minimum atomic E-state index is -0.507. The van der Waals surface area contributed by atoms with E-state index in [-0.39, 0.29) is 11.8 Å². The smallest absolute Gasteiger partial charge is 0.263 e. The van der Waals surface area contributed by atoms with Gasteiger partial charge in [0.2, 0.25) is 0 Å². The summed E-state index contributed by atoms with van der Waals surface area (Å²) in [5.41, 5.74) is 2.84. The predicted molar refractivity (Wildman–Crippen MR) is 124 cm³/mol. The first-order valence-corrected chi connectivity index (χ1v) is 11.8. The number of carbonyl (C=O) groups excluding carboxylic acids is 2. The molecule has 2 saturated heterocycles. The molecule has 0 aliphatic carbocycles. The predicted octanol–water partition coefficient (Wildman–Crippen LogP) is 4.19. The largest absolute Gasteiger partial charge is 0.481 e. The van der Waals surface area contributed by atoms with Crippen LogP contribution < -0.4 is 4.74 Å². The zero-order valence-corrected chi connectivity index (χ0v) is 19.1. The number of pyridine rings is 1. The number of ether oxygens (including phenoxy) is 1. The highest BCUT2D eigenvalue weighted by atomic mass is 16.5. The van der Waals surface area contributed by atoms with Gasteiger partial charge in [-0.25, -0.2) is 0 Å². The summed E-state index contributed by atoms with van der Waals surface area (Å²) in [7, 11) is 0. The molecule has 2 aromatic rings. The molecule has 32 heavy (non-hydrogen) atoms. The first-order chi connectivity index (χ1) is 15.5. The minimum Gasteiger partial charge on any atom is -0.481 e. The van der Waals surface area contributed by atoms with Crippen LogP contribution in [0.3, 0.4) is 0 Å². The van der Waals surface area contributed by atoms with Crippen LogP contribution in [0, 0.1) is 6.92 Å². The first-order valence-electron chi connectivity index (χ1n) is 11.8. The van der Waals surface area contributed by atoms with Crippen molar-refractivity contribution in [1.29, 1.82) is 0 Å². The van der Waals surface area contributed by atoms with Crippen LogP contribution >= 0.6 is 0 Å². The second kappa shape index (κ2) is 10.2. The highest BCUT2D eigenvalue weighted by Gasteiger charge is 2.28. The van der Waals surface area contributed by atoms with Crippen LogP contribution in [-0.2, 0) is 4.79 Å². The number of piperidine rings is 2. The molecule has 2 aliphatic rings. The van der Waals surface area contributed by atoms with Crippen LogP contribution in [-0.4, -0.2) is 58.9 Å². The van der Waals surface area contributed by atoms with Gasteiger partial charge in [-0.3, -0.25) is 14.6 Å². The quantitative estimate of drug-likeness (QED) is 0.707. The second-order valence-corrected chi connectivity index (χ2v) is 9.00. The summed E-state index contributed by atoms with van der Waals surface area (Å²) in [5.74, 6) is 1.15. The summed E-state index contributed by atoms with van der Waals surface area (Å²) in [6.07, 6.45) is 6.34. The number of carbonyl (C=O) groups is 2. The Labute approximate surface area is 190 Å². The molecule has 1 atom stereocenters. The van der Waals surface area contributed by atoms with E-state index in [0.29, 0.717) is 24.6 Å². The number of hydrogen-bond acceptors (Lipinski definition) is 4. The number of amides is 2. The van der Waals surface area contributed by atoms with Gasteiger partial charge in [-0.05, 0) is 70.2 Å². The van der Waals surface area contributed by atoms with Gasteiger partial charge in [-0.1, -0.05) is 17.7 Å². The Balaban J connectivity index is 1.28. The third-order valence-electron chi connectivity index (χ3n) is 6.58. The van der Waals surface area contributed by atoms with Gasteiger partial charge in [0, 0.05) is 44.0 Å². The van der Waals surface area contributed by atoms with Crippen molar-refractivity contribution in [2.24, 2.45) is 0 Å². The second-order valence-electron chi connectivity index (χ2n) is 9.00. The summed E-state index contributed by atoms with van der Waals surface area (Å²) in [4.78, 5) is 33.9. The third kappa shape index (κ3) is 5.29. The normalized spacial score (nSPS) is 18.3. The highest BCUT2D eigenvalue weighted by molar-refractivity contribution is 5.94. The zero-order chi connectivity index (χ0) is 22.5. The van der Waals surface area contributed by atoms with E-state index >= 15 is 0 Å². The fraction of sp³-hybridized carbons (Fsp3) is 0.500. The lowest BCUT2D eigenvalue weighted by Crippen LogP contribution is -2.44. The monoisotopic (exact) mass is 435 g/mol. The van der Waals surface area contributed by atoms with Gasteiger partial charge in [-0.2, -0.15) is 0 Å². The molecule has 2 aliphatic heterocycles. The molecule has 6 heteroatoms. The molecule has 4 rings (SSSR count). The molecule has 3 heterocycles. The van der Waals surface area contributed by atoms with Crippen molar-refractivity contribution in [3.05, 3.63) is 59.4 Å². The van der Waals surface area contributed by atoms with Crippen molar-refractivity contribution >= 4 is 11.8 Å². The van der Waals surface area contributed by atoms with Crippen molar-refractivity contribution in [3.63, 3.8) is 0 Å². The van der Waals surface area contributed by atoms with Gasteiger partial charge in [0.25, 0.3) is 11.8 Å². The molecule has 0 spiro atoms. The minimum absolute atomic E-state index is 0.0273. The molecular formula is C26H33N3O3. The van der Waals surface area contributed by atoms with E-state index in [2.05, 4.69) is 4.98 Å². The average Bonchev–Trinajstić information content (AvgIpc) is 2.85.